The van der Waals surface area contributed by atoms with Gasteiger partial charge in [-0.1, -0.05) is 50.9 Å². The number of halogens is 1. The molecule has 2 heterocycles. The topological polar surface area (TPSA) is 174 Å². The molecule has 282 valence electrons. The number of nitrogens with one attached hydrogen (secondary N) is 3. The molecule has 1 aromatic carbocycles. The van der Waals surface area contributed by atoms with Gasteiger partial charge in [-0.05, 0) is 58.4 Å². The average molecular weight is 734 g/mol. The van der Waals surface area contributed by atoms with Crippen molar-refractivity contribution in [2.24, 2.45) is 10.6 Å². The van der Waals surface area contributed by atoms with Gasteiger partial charge in [0.15, 0.2) is 5.60 Å². The summed E-state index contributed by atoms with van der Waals surface area (Å²) in [6, 6.07) is -0.0476. The Balaban J connectivity index is 1.66. The van der Waals surface area contributed by atoms with Crippen LogP contribution < -0.4 is 25.4 Å². The number of oxime groups is 1. The van der Waals surface area contributed by atoms with Crippen LogP contribution in [-0.2, 0) is 28.8 Å². The van der Waals surface area contributed by atoms with E-state index in [9.17, 15) is 24.0 Å². The number of likely N-dealkylation sites (tertiary alicyclic amines) is 1. The van der Waals surface area contributed by atoms with Gasteiger partial charge >= 0.3 is 6.09 Å². The maximum Gasteiger partial charge on any atom is 0.408 e. The molecule has 2 aliphatic heterocycles. The Morgan fingerprint density at radius 3 is 2.31 bits per heavy atom. The number of hydrogen-bond donors (Lipinski definition) is 3. The molecule has 4 atom stereocenters. The van der Waals surface area contributed by atoms with E-state index in [1.807, 2.05) is 13.8 Å². The quantitative estimate of drug-likeness (QED) is 0.250. The van der Waals surface area contributed by atoms with Crippen LogP contribution in [0.2, 0.25) is 5.02 Å². The fraction of sp³-hybridized carbons (Fsp3) is 0.667. The van der Waals surface area contributed by atoms with Crippen LogP contribution in [0, 0.1) is 5.41 Å². The van der Waals surface area contributed by atoms with Crippen molar-refractivity contribution in [3.63, 3.8) is 0 Å². The third-order valence-electron chi connectivity index (χ3n) is 8.81. The highest BCUT2D eigenvalue weighted by Gasteiger charge is 2.56. The first-order valence-corrected chi connectivity index (χ1v) is 17.9. The molecule has 1 aromatic rings. The van der Waals surface area contributed by atoms with Gasteiger partial charge in [-0.25, -0.2) is 4.79 Å². The normalized spacial score (nSPS) is 21.3. The summed E-state index contributed by atoms with van der Waals surface area (Å²) in [4.78, 5) is 75.0. The summed E-state index contributed by atoms with van der Waals surface area (Å²) in [6.07, 6.45) is 1.75. The van der Waals surface area contributed by atoms with Crippen LogP contribution in [0.15, 0.2) is 17.3 Å². The highest BCUT2D eigenvalue weighted by atomic mass is 35.5. The Hall–Kier alpha value is -4.07. The first-order chi connectivity index (χ1) is 23.8. The van der Waals surface area contributed by atoms with Crippen molar-refractivity contribution in [1.82, 2.24) is 20.9 Å². The van der Waals surface area contributed by atoms with Crippen molar-refractivity contribution < 1.29 is 43.0 Å². The second kappa shape index (κ2) is 15.7. The number of carbonyl (C=O) groups is 5. The Kier molecular flexibility index (Phi) is 12.2. The molecule has 1 aliphatic carbocycles. The molecule has 1 saturated carbocycles. The minimum absolute atomic E-state index is 0.00918. The van der Waals surface area contributed by atoms with E-state index in [2.05, 4.69) is 21.1 Å². The molecule has 0 radical (unpaired) electrons. The predicted molar refractivity (Wildman–Crippen MR) is 190 cm³/mol. The first-order valence-electron chi connectivity index (χ1n) is 17.5. The fourth-order valence-corrected chi connectivity index (χ4v) is 6.39. The molecule has 3 aliphatic rings. The van der Waals surface area contributed by atoms with Crippen molar-refractivity contribution in [2.75, 3.05) is 20.3 Å². The average Bonchev–Trinajstić information content (AvgIpc) is 3.63. The van der Waals surface area contributed by atoms with E-state index >= 15 is 0 Å². The maximum absolute atomic E-state index is 14.5. The lowest BCUT2D eigenvalue weighted by Crippen LogP contribution is -2.59. The molecule has 2 fully saturated rings. The lowest BCUT2D eigenvalue weighted by atomic mass is 9.85. The SMILES string of the molecule is CCC[C@H](NC(=O)[C@@H]1C[C@]2(CC(c3cc(Cl)c(OCC)cc3OC)=NO2)CN1C(=O)[C@@H](NC(=O)OC(C)(C)C)C(C)(C)C)C(=O)C(=O)NC1CC1. The van der Waals surface area contributed by atoms with Crippen molar-refractivity contribution in [3.8, 4) is 11.5 Å². The van der Waals surface area contributed by atoms with Gasteiger partial charge in [0.05, 0.1) is 37.0 Å². The molecule has 15 heteroatoms. The molecule has 0 bridgehead atoms. The second-order valence-corrected chi connectivity index (χ2v) is 15.9. The summed E-state index contributed by atoms with van der Waals surface area (Å²) in [5.41, 5.74) is -1.73. The van der Waals surface area contributed by atoms with Crippen LogP contribution in [-0.4, -0.2) is 95.8 Å². The number of ether oxygens (including phenoxy) is 3. The zero-order valence-electron chi connectivity index (χ0n) is 31.1. The lowest BCUT2D eigenvalue weighted by molar-refractivity contribution is -0.144. The van der Waals surface area contributed by atoms with Gasteiger partial charge < -0.3 is 39.9 Å². The zero-order valence-corrected chi connectivity index (χ0v) is 31.8. The van der Waals surface area contributed by atoms with Gasteiger partial charge in [0.25, 0.3) is 5.91 Å². The number of nitrogens with zero attached hydrogens (tertiary/aromatic N) is 2. The smallest absolute Gasteiger partial charge is 0.408 e. The van der Waals surface area contributed by atoms with Gasteiger partial charge in [-0.15, -0.1) is 0 Å². The largest absolute Gasteiger partial charge is 0.496 e. The third-order valence-corrected chi connectivity index (χ3v) is 9.11. The molecule has 3 N–H and O–H groups in total. The molecule has 4 rings (SSSR count). The summed E-state index contributed by atoms with van der Waals surface area (Å²) in [6.45, 7) is 14.5. The Bertz CT molecular complexity index is 1550. The van der Waals surface area contributed by atoms with Crippen LogP contribution in [0.5, 0.6) is 11.5 Å². The zero-order chi connectivity index (χ0) is 37.9. The molecular weight excluding hydrogens is 682 g/mol. The second-order valence-electron chi connectivity index (χ2n) is 15.5. The van der Waals surface area contributed by atoms with E-state index in [1.165, 1.54) is 12.0 Å². The van der Waals surface area contributed by atoms with E-state index in [-0.39, 0.29) is 31.8 Å². The Labute approximate surface area is 304 Å². The summed E-state index contributed by atoms with van der Waals surface area (Å²) in [7, 11) is 1.51. The highest BCUT2D eigenvalue weighted by molar-refractivity contribution is 6.38. The van der Waals surface area contributed by atoms with E-state index in [0.29, 0.717) is 40.8 Å². The molecule has 14 nitrogen and oxygen atoms in total. The van der Waals surface area contributed by atoms with Crippen molar-refractivity contribution in [2.45, 2.75) is 129 Å². The molecule has 1 spiro atoms. The standard InChI is InChI=1S/C36H52ClN5O9/c1-10-12-23(28(43)31(45)38-20-13-14-20)39-30(44)25-18-36(17-24(41-51-36)21-15-22(37)27(49-11-2)16-26(21)48-9)19-42(25)32(46)29(34(3,4)5)40-33(47)50-35(6,7)8/h15-16,20,23,25,29H,10-14,17-19H2,1-9H3,(H,38,45)(H,39,44)(H,40,47)/t23-,25-,29+,36+/m0/s1. The Morgan fingerprint density at radius 1 is 1.06 bits per heavy atom. The first kappa shape index (κ1) is 39.7. The molecule has 1 saturated heterocycles. The number of rotatable bonds is 13. The third kappa shape index (κ3) is 9.84. The molecule has 4 amide bonds. The van der Waals surface area contributed by atoms with Crippen LogP contribution >= 0.6 is 11.6 Å². The van der Waals surface area contributed by atoms with Gasteiger partial charge in [-0.3, -0.25) is 19.2 Å². The van der Waals surface area contributed by atoms with Crippen LogP contribution in [0.3, 0.4) is 0 Å². The van der Waals surface area contributed by atoms with Crippen molar-refractivity contribution in [3.05, 3.63) is 22.7 Å². The van der Waals surface area contributed by atoms with E-state index in [4.69, 9.17) is 30.6 Å². The van der Waals surface area contributed by atoms with Crippen LogP contribution in [0.4, 0.5) is 4.79 Å². The van der Waals surface area contributed by atoms with Crippen LogP contribution in [0.1, 0.15) is 99.5 Å². The van der Waals surface area contributed by atoms with E-state index in [0.717, 1.165) is 12.8 Å². The van der Waals surface area contributed by atoms with Gasteiger partial charge in [0.2, 0.25) is 17.6 Å². The Morgan fingerprint density at radius 2 is 1.75 bits per heavy atom. The number of ketones is 1. The van der Waals surface area contributed by atoms with E-state index < -0.39 is 64.3 Å². The summed E-state index contributed by atoms with van der Waals surface area (Å²) < 4.78 is 16.7. The molecule has 0 aromatic heterocycles. The minimum atomic E-state index is -1.15. The van der Waals surface area contributed by atoms with Crippen molar-refractivity contribution >= 4 is 46.9 Å². The number of alkyl carbamates (subject to hydrolysis) is 1. The van der Waals surface area contributed by atoms with Gasteiger partial charge in [0.1, 0.15) is 29.2 Å². The summed E-state index contributed by atoms with van der Waals surface area (Å²) >= 11 is 6.53. The van der Waals surface area contributed by atoms with Gasteiger partial charge in [-0.2, -0.15) is 0 Å². The monoisotopic (exact) mass is 733 g/mol. The fourth-order valence-electron chi connectivity index (χ4n) is 6.18. The minimum Gasteiger partial charge on any atom is -0.496 e. The van der Waals surface area contributed by atoms with Crippen molar-refractivity contribution in [1.29, 1.82) is 0 Å². The number of amides is 4. The number of Topliss-reactive ketones (excluding diaryl/α,β-unsaturated/α-hetero) is 1. The highest BCUT2D eigenvalue weighted by Crippen LogP contribution is 2.42. The molecular formula is C36H52ClN5O9. The van der Waals surface area contributed by atoms with Crippen LogP contribution in [0.25, 0.3) is 0 Å². The number of hydrogen-bond acceptors (Lipinski definition) is 10. The number of carbonyl (C=O) groups excluding carboxylic acids is 5. The summed E-state index contributed by atoms with van der Waals surface area (Å²) in [5, 5.41) is 12.9. The molecule has 51 heavy (non-hydrogen) atoms. The molecule has 0 unspecified atom stereocenters. The van der Waals surface area contributed by atoms with E-state index in [1.54, 1.807) is 53.7 Å². The predicted octanol–water partition coefficient (Wildman–Crippen LogP) is 4.28. The number of benzene rings is 1. The number of methoxy groups -OCH3 is 1. The lowest BCUT2D eigenvalue weighted by Gasteiger charge is -2.36. The maximum atomic E-state index is 14.5. The van der Waals surface area contributed by atoms with Gasteiger partial charge in [0, 0.05) is 30.5 Å². The summed E-state index contributed by atoms with van der Waals surface area (Å²) in [5.74, 6) is -1.78.